The lowest BCUT2D eigenvalue weighted by Crippen LogP contribution is -2.37. The maximum Gasteiger partial charge on any atom is 0.315 e. The first-order valence-corrected chi connectivity index (χ1v) is 8.15. The van der Waals surface area contributed by atoms with Crippen LogP contribution in [0.15, 0.2) is 48.5 Å². The highest BCUT2D eigenvalue weighted by Crippen LogP contribution is 2.18. The normalized spacial score (nSPS) is 11.9. The van der Waals surface area contributed by atoms with E-state index < -0.39 is 12.1 Å². The Morgan fingerprint density at radius 2 is 1.88 bits per heavy atom. The molecule has 1 unspecified atom stereocenters. The topological polar surface area (TPSA) is 70.6 Å². The van der Waals surface area contributed by atoms with Crippen LogP contribution in [0.25, 0.3) is 0 Å². The molecule has 6 heteroatoms. The first kappa shape index (κ1) is 18.7. The largest absolute Gasteiger partial charge is 0.491 e. The highest BCUT2D eigenvalue weighted by molar-refractivity contribution is 5.73. The van der Waals surface area contributed by atoms with Gasteiger partial charge in [0, 0.05) is 13.1 Å². The second kappa shape index (κ2) is 9.03. The van der Waals surface area contributed by atoms with Gasteiger partial charge in [0.15, 0.2) is 0 Å². The molecule has 3 N–H and O–H groups in total. The molecule has 2 aromatic carbocycles. The van der Waals surface area contributed by atoms with E-state index in [0.29, 0.717) is 11.1 Å². The van der Waals surface area contributed by atoms with Gasteiger partial charge in [-0.25, -0.2) is 9.18 Å². The number of carbonyl (C=O) groups is 1. The van der Waals surface area contributed by atoms with E-state index in [1.54, 1.807) is 36.4 Å². The molecule has 0 aromatic heterocycles. The van der Waals surface area contributed by atoms with Gasteiger partial charge in [0.2, 0.25) is 0 Å². The average Bonchev–Trinajstić information content (AvgIpc) is 2.58. The first-order valence-electron chi connectivity index (χ1n) is 8.15. The second-order valence-corrected chi connectivity index (χ2v) is 5.94. The number of hydrogen-bond donors (Lipinski definition) is 3. The van der Waals surface area contributed by atoms with Crippen LogP contribution < -0.4 is 15.4 Å². The molecule has 1 atom stereocenters. The van der Waals surface area contributed by atoms with Crippen molar-refractivity contribution in [3.05, 3.63) is 65.5 Å². The third kappa shape index (κ3) is 6.43. The minimum absolute atomic E-state index is 0.0688. The summed E-state index contributed by atoms with van der Waals surface area (Å²) < 4.78 is 18.6. The van der Waals surface area contributed by atoms with Crippen LogP contribution in [0.5, 0.6) is 5.75 Å². The van der Waals surface area contributed by atoms with Crippen LogP contribution in [0.2, 0.25) is 0 Å². The lowest BCUT2D eigenvalue weighted by Gasteiger charge is -2.14. The average molecular weight is 346 g/mol. The van der Waals surface area contributed by atoms with E-state index in [1.807, 2.05) is 13.8 Å². The Kier molecular flexibility index (Phi) is 6.77. The molecule has 134 valence electrons. The van der Waals surface area contributed by atoms with Crippen LogP contribution in [-0.4, -0.2) is 23.8 Å². The Balaban J connectivity index is 1.76. The quantitative estimate of drug-likeness (QED) is 0.721. The number of rotatable bonds is 7. The molecule has 0 spiro atoms. The van der Waals surface area contributed by atoms with E-state index in [9.17, 15) is 14.3 Å². The standard InChI is InChI=1S/C19H23FN2O3/c1-13(2)25-17-8-6-15(7-9-17)18(23)12-22-19(24)21-11-14-4-3-5-16(20)10-14/h3-10,13,18,23H,11-12H2,1-2H3,(H2,21,22,24). The molecule has 5 nitrogen and oxygen atoms in total. The number of aliphatic hydroxyl groups excluding tert-OH is 1. The fraction of sp³-hybridized carbons (Fsp3) is 0.316. The van der Waals surface area contributed by atoms with E-state index in [0.717, 1.165) is 5.75 Å². The summed E-state index contributed by atoms with van der Waals surface area (Å²) in [5, 5.41) is 15.3. The molecule has 0 heterocycles. The predicted octanol–water partition coefficient (Wildman–Crippen LogP) is 3.15. The Morgan fingerprint density at radius 1 is 1.16 bits per heavy atom. The van der Waals surface area contributed by atoms with E-state index in [2.05, 4.69) is 10.6 Å². The van der Waals surface area contributed by atoms with Gasteiger partial charge in [-0.2, -0.15) is 0 Å². The summed E-state index contributed by atoms with van der Waals surface area (Å²) in [7, 11) is 0. The lowest BCUT2D eigenvalue weighted by atomic mass is 10.1. The Bertz CT molecular complexity index is 689. The fourth-order valence-corrected chi connectivity index (χ4v) is 2.24. The summed E-state index contributed by atoms with van der Waals surface area (Å²) in [5.41, 5.74) is 1.35. The SMILES string of the molecule is CC(C)Oc1ccc(C(O)CNC(=O)NCc2cccc(F)c2)cc1. The van der Waals surface area contributed by atoms with Gasteiger partial charge in [-0.05, 0) is 49.2 Å². The first-order chi connectivity index (χ1) is 11.9. The van der Waals surface area contributed by atoms with E-state index >= 15 is 0 Å². The van der Waals surface area contributed by atoms with Crippen molar-refractivity contribution in [1.29, 1.82) is 0 Å². The number of halogens is 1. The molecule has 0 aliphatic rings. The maximum absolute atomic E-state index is 13.1. The van der Waals surface area contributed by atoms with Crippen molar-refractivity contribution in [2.24, 2.45) is 0 Å². The number of amides is 2. The minimum Gasteiger partial charge on any atom is -0.491 e. The maximum atomic E-state index is 13.1. The van der Waals surface area contributed by atoms with E-state index in [4.69, 9.17) is 4.74 Å². The summed E-state index contributed by atoms with van der Waals surface area (Å²) >= 11 is 0. The minimum atomic E-state index is -0.826. The van der Waals surface area contributed by atoms with Gasteiger partial charge in [-0.15, -0.1) is 0 Å². The summed E-state index contributed by atoms with van der Waals surface area (Å²) in [6.45, 7) is 4.16. The zero-order valence-electron chi connectivity index (χ0n) is 14.3. The monoisotopic (exact) mass is 346 g/mol. The van der Waals surface area contributed by atoms with Crippen LogP contribution in [0.3, 0.4) is 0 Å². The molecule has 0 saturated heterocycles. The Morgan fingerprint density at radius 3 is 2.52 bits per heavy atom. The van der Waals surface area contributed by atoms with E-state index in [-0.39, 0.29) is 25.0 Å². The molecular weight excluding hydrogens is 323 g/mol. The third-order valence-electron chi connectivity index (χ3n) is 3.43. The van der Waals surface area contributed by atoms with Crippen molar-refractivity contribution >= 4 is 6.03 Å². The van der Waals surface area contributed by atoms with Crippen molar-refractivity contribution in [3.8, 4) is 5.75 Å². The van der Waals surface area contributed by atoms with Crippen LogP contribution in [-0.2, 0) is 6.54 Å². The zero-order chi connectivity index (χ0) is 18.2. The van der Waals surface area contributed by atoms with Crippen molar-refractivity contribution in [1.82, 2.24) is 10.6 Å². The van der Waals surface area contributed by atoms with Crippen LogP contribution in [0.1, 0.15) is 31.1 Å². The number of hydrogen-bond acceptors (Lipinski definition) is 3. The van der Waals surface area contributed by atoms with Crippen molar-refractivity contribution in [2.45, 2.75) is 32.6 Å². The molecule has 25 heavy (non-hydrogen) atoms. The second-order valence-electron chi connectivity index (χ2n) is 5.94. The molecule has 0 aliphatic carbocycles. The van der Waals surface area contributed by atoms with Gasteiger partial charge in [0.25, 0.3) is 0 Å². The smallest absolute Gasteiger partial charge is 0.315 e. The van der Waals surface area contributed by atoms with E-state index in [1.165, 1.54) is 12.1 Å². The number of nitrogens with one attached hydrogen (secondary N) is 2. The highest BCUT2D eigenvalue weighted by Gasteiger charge is 2.10. The summed E-state index contributed by atoms with van der Waals surface area (Å²) in [4.78, 5) is 11.8. The molecule has 0 radical (unpaired) electrons. The number of carbonyl (C=O) groups excluding carboxylic acids is 1. The number of aliphatic hydroxyl groups is 1. The van der Waals surface area contributed by atoms with Crippen LogP contribution in [0, 0.1) is 5.82 Å². The molecule has 2 aromatic rings. The molecule has 0 fully saturated rings. The Hall–Kier alpha value is -2.60. The predicted molar refractivity (Wildman–Crippen MR) is 93.8 cm³/mol. The van der Waals surface area contributed by atoms with Gasteiger partial charge in [0.05, 0.1) is 12.2 Å². The zero-order valence-corrected chi connectivity index (χ0v) is 14.3. The van der Waals surface area contributed by atoms with Crippen molar-refractivity contribution < 1.29 is 19.0 Å². The molecule has 2 rings (SSSR count). The van der Waals surface area contributed by atoms with Gasteiger partial charge in [-0.1, -0.05) is 24.3 Å². The fourth-order valence-electron chi connectivity index (χ4n) is 2.24. The van der Waals surface area contributed by atoms with Crippen molar-refractivity contribution in [3.63, 3.8) is 0 Å². The lowest BCUT2D eigenvalue weighted by molar-refractivity contribution is 0.173. The van der Waals surface area contributed by atoms with Crippen molar-refractivity contribution in [2.75, 3.05) is 6.54 Å². The number of urea groups is 1. The molecular formula is C19H23FN2O3. The van der Waals surface area contributed by atoms with Crippen LogP contribution >= 0.6 is 0 Å². The molecule has 2 amide bonds. The number of benzene rings is 2. The third-order valence-corrected chi connectivity index (χ3v) is 3.43. The number of ether oxygens (including phenoxy) is 1. The van der Waals surface area contributed by atoms with Crippen LogP contribution in [0.4, 0.5) is 9.18 Å². The van der Waals surface area contributed by atoms with Gasteiger partial charge < -0.3 is 20.5 Å². The van der Waals surface area contributed by atoms with Gasteiger partial charge >= 0.3 is 6.03 Å². The summed E-state index contributed by atoms with van der Waals surface area (Å²) in [6, 6.07) is 12.7. The van der Waals surface area contributed by atoms with Gasteiger partial charge in [-0.3, -0.25) is 0 Å². The van der Waals surface area contributed by atoms with Gasteiger partial charge in [0.1, 0.15) is 11.6 Å². The highest BCUT2D eigenvalue weighted by atomic mass is 19.1. The molecule has 0 saturated carbocycles. The summed E-state index contributed by atoms with van der Waals surface area (Å²) in [5.74, 6) is 0.381. The summed E-state index contributed by atoms with van der Waals surface area (Å²) in [6.07, 6.45) is -0.743. The molecule has 0 bridgehead atoms. The Labute approximate surface area is 146 Å². The molecule has 0 aliphatic heterocycles.